The van der Waals surface area contributed by atoms with Gasteiger partial charge in [0, 0.05) is 35.4 Å². The monoisotopic (exact) mass is 300 g/mol. The summed E-state index contributed by atoms with van der Waals surface area (Å²) in [6.45, 7) is 0. The van der Waals surface area contributed by atoms with Crippen LogP contribution in [-0.2, 0) is 0 Å². The zero-order valence-electron chi connectivity index (χ0n) is 11.0. The van der Waals surface area contributed by atoms with Crippen LogP contribution in [0.2, 0.25) is 0 Å². The Morgan fingerprint density at radius 2 is 1.27 bits per heavy atom. The van der Waals surface area contributed by atoms with Crippen LogP contribution in [0.15, 0.2) is 48.5 Å². The highest BCUT2D eigenvalue weighted by Crippen LogP contribution is 2.17. The van der Waals surface area contributed by atoms with E-state index in [2.05, 4.69) is 0 Å². The molecule has 2 aromatic carbocycles. The van der Waals surface area contributed by atoms with Gasteiger partial charge in [0.05, 0.1) is 9.85 Å². The zero-order valence-corrected chi connectivity index (χ0v) is 11.0. The molecule has 0 heterocycles. The van der Waals surface area contributed by atoms with Crippen molar-refractivity contribution in [1.82, 2.24) is 0 Å². The standard InChI is InChI=1S/C14H8N2O6/c17-13(9-4-6-11(7-5-9)15(19)20)14(18)10-2-1-3-12(8-10)16(21)22/h1-8H. The third kappa shape index (κ3) is 3.01. The number of hydrogen-bond acceptors (Lipinski definition) is 6. The molecule has 0 aliphatic carbocycles. The first kappa shape index (κ1) is 15.0. The molecule has 0 aliphatic rings. The van der Waals surface area contributed by atoms with Crippen molar-refractivity contribution in [1.29, 1.82) is 0 Å². The maximum absolute atomic E-state index is 12.0. The van der Waals surface area contributed by atoms with Crippen LogP contribution in [0.4, 0.5) is 11.4 Å². The average Bonchev–Trinajstić information content (AvgIpc) is 2.53. The SMILES string of the molecule is O=C(C(=O)c1cccc([N+](=O)[O-])c1)c1ccc([N+](=O)[O-])cc1. The third-order valence-electron chi connectivity index (χ3n) is 2.87. The summed E-state index contributed by atoms with van der Waals surface area (Å²) in [7, 11) is 0. The summed E-state index contributed by atoms with van der Waals surface area (Å²) in [5, 5.41) is 21.2. The summed E-state index contributed by atoms with van der Waals surface area (Å²) in [4.78, 5) is 43.9. The zero-order chi connectivity index (χ0) is 16.3. The first-order valence-electron chi connectivity index (χ1n) is 5.98. The molecule has 0 unspecified atom stereocenters. The van der Waals surface area contributed by atoms with Gasteiger partial charge in [-0.05, 0) is 12.1 Å². The van der Waals surface area contributed by atoms with Gasteiger partial charge >= 0.3 is 0 Å². The molecule has 0 amide bonds. The molecule has 0 saturated carbocycles. The van der Waals surface area contributed by atoms with Crippen LogP contribution < -0.4 is 0 Å². The lowest BCUT2D eigenvalue weighted by Crippen LogP contribution is -2.14. The molecule has 8 heteroatoms. The molecule has 22 heavy (non-hydrogen) atoms. The Bertz CT molecular complexity index is 782. The maximum atomic E-state index is 12.0. The summed E-state index contributed by atoms with van der Waals surface area (Å²) in [6, 6.07) is 9.33. The van der Waals surface area contributed by atoms with E-state index in [-0.39, 0.29) is 22.5 Å². The fraction of sp³-hybridized carbons (Fsp3) is 0. The van der Waals surface area contributed by atoms with Gasteiger partial charge in [0.15, 0.2) is 0 Å². The smallest absolute Gasteiger partial charge is 0.270 e. The number of carbonyl (C=O) groups is 2. The number of nitro groups is 2. The van der Waals surface area contributed by atoms with Crippen LogP contribution >= 0.6 is 0 Å². The Balaban J connectivity index is 2.29. The van der Waals surface area contributed by atoms with Crippen molar-refractivity contribution in [3.63, 3.8) is 0 Å². The van der Waals surface area contributed by atoms with Crippen molar-refractivity contribution in [2.24, 2.45) is 0 Å². The van der Waals surface area contributed by atoms with Gasteiger partial charge in [-0.3, -0.25) is 29.8 Å². The van der Waals surface area contributed by atoms with E-state index in [4.69, 9.17) is 0 Å². The molecule has 0 bridgehead atoms. The molecule has 8 nitrogen and oxygen atoms in total. The maximum Gasteiger partial charge on any atom is 0.270 e. The van der Waals surface area contributed by atoms with Crippen LogP contribution in [-0.4, -0.2) is 21.4 Å². The van der Waals surface area contributed by atoms with E-state index in [1.807, 2.05) is 0 Å². The van der Waals surface area contributed by atoms with Crippen LogP contribution in [0, 0.1) is 20.2 Å². The van der Waals surface area contributed by atoms with Crippen LogP contribution in [0.3, 0.4) is 0 Å². The topological polar surface area (TPSA) is 120 Å². The number of non-ortho nitro benzene ring substituents is 2. The lowest BCUT2D eigenvalue weighted by atomic mass is 10.0. The van der Waals surface area contributed by atoms with E-state index in [1.165, 1.54) is 18.2 Å². The molecule has 0 aromatic heterocycles. The van der Waals surface area contributed by atoms with E-state index in [0.717, 1.165) is 30.3 Å². The van der Waals surface area contributed by atoms with Gasteiger partial charge in [-0.1, -0.05) is 12.1 Å². The third-order valence-corrected chi connectivity index (χ3v) is 2.87. The van der Waals surface area contributed by atoms with Crippen molar-refractivity contribution in [3.8, 4) is 0 Å². The number of benzene rings is 2. The predicted molar refractivity (Wildman–Crippen MR) is 74.9 cm³/mol. The van der Waals surface area contributed by atoms with Gasteiger partial charge in [-0.2, -0.15) is 0 Å². The molecular formula is C14H8N2O6. The van der Waals surface area contributed by atoms with E-state index < -0.39 is 21.4 Å². The second kappa shape index (κ2) is 5.92. The largest absolute Gasteiger partial charge is 0.285 e. The predicted octanol–water partition coefficient (Wildman–Crippen LogP) is 2.57. The first-order valence-corrected chi connectivity index (χ1v) is 5.98. The van der Waals surface area contributed by atoms with E-state index in [1.54, 1.807) is 0 Å². The number of ketones is 2. The van der Waals surface area contributed by atoms with E-state index in [0.29, 0.717) is 0 Å². The van der Waals surface area contributed by atoms with Gasteiger partial charge in [0.1, 0.15) is 0 Å². The van der Waals surface area contributed by atoms with Gasteiger partial charge in [0.25, 0.3) is 11.4 Å². The minimum Gasteiger partial charge on any atom is -0.285 e. The molecule has 2 aromatic rings. The second-order valence-corrected chi connectivity index (χ2v) is 4.27. The highest BCUT2D eigenvalue weighted by molar-refractivity contribution is 6.49. The molecule has 0 spiro atoms. The Kier molecular flexibility index (Phi) is 4.03. The minimum atomic E-state index is -0.919. The van der Waals surface area contributed by atoms with Gasteiger partial charge in [-0.25, -0.2) is 0 Å². The second-order valence-electron chi connectivity index (χ2n) is 4.27. The Morgan fingerprint density at radius 1 is 0.727 bits per heavy atom. The van der Waals surface area contributed by atoms with Crippen molar-refractivity contribution in [2.45, 2.75) is 0 Å². The summed E-state index contributed by atoms with van der Waals surface area (Å²) in [5.74, 6) is -1.81. The summed E-state index contributed by atoms with van der Waals surface area (Å²) >= 11 is 0. The molecule has 0 atom stereocenters. The molecule has 2 rings (SSSR count). The van der Waals surface area contributed by atoms with Crippen molar-refractivity contribution in [2.75, 3.05) is 0 Å². The summed E-state index contributed by atoms with van der Waals surface area (Å²) < 4.78 is 0. The fourth-order valence-electron chi connectivity index (χ4n) is 1.76. The van der Waals surface area contributed by atoms with Gasteiger partial charge < -0.3 is 0 Å². The van der Waals surface area contributed by atoms with E-state index in [9.17, 15) is 29.8 Å². The lowest BCUT2D eigenvalue weighted by Gasteiger charge is -2.01. The van der Waals surface area contributed by atoms with Crippen molar-refractivity contribution in [3.05, 3.63) is 79.9 Å². The van der Waals surface area contributed by atoms with E-state index >= 15 is 0 Å². The highest BCUT2D eigenvalue weighted by Gasteiger charge is 2.21. The molecule has 0 saturated heterocycles. The van der Waals surface area contributed by atoms with Crippen molar-refractivity contribution >= 4 is 22.9 Å². The van der Waals surface area contributed by atoms with Crippen LogP contribution in [0.5, 0.6) is 0 Å². The quantitative estimate of drug-likeness (QED) is 0.362. The number of nitrogens with zero attached hydrogens (tertiary/aromatic N) is 2. The van der Waals surface area contributed by atoms with Crippen molar-refractivity contribution < 1.29 is 19.4 Å². The molecular weight excluding hydrogens is 292 g/mol. The van der Waals surface area contributed by atoms with Crippen LogP contribution in [0.25, 0.3) is 0 Å². The van der Waals surface area contributed by atoms with Gasteiger partial charge in [-0.15, -0.1) is 0 Å². The van der Waals surface area contributed by atoms with Crippen LogP contribution in [0.1, 0.15) is 20.7 Å². The normalized spacial score (nSPS) is 10.0. The summed E-state index contributed by atoms with van der Waals surface area (Å²) in [6.07, 6.45) is 0. The molecule has 110 valence electrons. The number of carbonyl (C=O) groups excluding carboxylic acids is 2. The van der Waals surface area contributed by atoms with Gasteiger partial charge in [0.2, 0.25) is 11.6 Å². The highest BCUT2D eigenvalue weighted by atomic mass is 16.6. The average molecular weight is 300 g/mol. The molecule has 0 radical (unpaired) electrons. The number of hydrogen-bond donors (Lipinski definition) is 0. The Labute approximate surface area is 123 Å². The Morgan fingerprint density at radius 3 is 1.82 bits per heavy atom. The molecule has 0 fully saturated rings. The Hall–Kier alpha value is -3.42. The lowest BCUT2D eigenvalue weighted by molar-refractivity contribution is -0.385. The number of nitro benzene ring substituents is 2. The molecule has 0 N–H and O–H groups in total. The fourth-order valence-corrected chi connectivity index (χ4v) is 1.76. The first-order chi connectivity index (χ1) is 10.4. The number of Topliss-reactive ketones (excluding diaryl/α,β-unsaturated/α-hetero) is 2. The summed E-state index contributed by atoms with van der Waals surface area (Å²) in [5.41, 5.74) is -0.652. The molecule has 0 aliphatic heterocycles. The number of rotatable bonds is 5. The minimum absolute atomic E-state index is 0.0258.